The van der Waals surface area contributed by atoms with Crippen molar-refractivity contribution in [3.05, 3.63) is 17.6 Å². The Bertz CT molecular complexity index is 568. The van der Waals surface area contributed by atoms with Gasteiger partial charge in [0.15, 0.2) is 5.82 Å². The maximum Gasteiger partial charge on any atom is 0.270 e. The molecule has 0 aliphatic rings. The predicted octanol–water partition coefficient (Wildman–Crippen LogP) is -0.404. The Balaban J connectivity index is 2.23. The lowest BCUT2D eigenvalue weighted by Crippen LogP contribution is -2.21. The molecule has 0 atom stereocenters. The molecule has 0 fully saturated rings. The van der Waals surface area contributed by atoms with Crippen molar-refractivity contribution in [2.75, 3.05) is 11.5 Å². The van der Waals surface area contributed by atoms with E-state index in [9.17, 15) is 4.79 Å². The minimum Gasteiger partial charge on any atom is -0.396 e. The van der Waals surface area contributed by atoms with Crippen LogP contribution < -0.4 is 11.5 Å². The molecule has 0 aliphatic carbocycles. The third-order valence-corrected chi connectivity index (χ3v) is 2.41. The molecule has 8 nitrogen and oxygen atoms in total. The van der Waals surface area contributed by atoms with Crippen LogP contribution in [0.1, 0.15) is 16.2 Å². The first-order chi connectivity index (χ1) is 7.99. The molecule has 0 bridgehead atoms. The molecule has 0 radical (unpaired) electrons. The minimum absolute atomic E-state index is 0.0292. The second kappa shape index (κ2) is 3.89. The van der Waals surface area contributed by atoms with Crippen molar-refractivity contribution in [2.45, 2.75) is 20.4 Å². The number of nitrogens with zero attached hydrogens (tertiary/aromatic N) is 5. The highest BCUT2D eigenvalue weighted by Gasteiger charge is 2.15. The lowest BCUT2D eigenvalue weighted by atomic mass is 10.3. The van der Waals surface area contributed by atoms with E-state index >= 15 is 0 Å². The fraction of sp³-hybridized carbons (Fsp3) is 0.333. The van der Waals surface area contributed by atoms with Gasteiger partial charge < -0.3 is 11.5 Å². The summed E-state index contributed by atoms with van der Waals surface area (Å²) in [6.45, 7) is 3.45. The monoisotopic (exact) mass is 235 g/mol. The van der Waals surface area contributed by atoms with Gasteiger partial charge in [-0.1, -0.05) is 0 Å². The Hall–Kier alpha value is -2.38. The van der Waals surface area contributed by atoms with Crippen molar-refractivity contribution in [3.63, 3.8) is 0 Å². The summed E-state index contributed by atoms with van der Waals surface area (Å²) in [5, 5.41) is 11.7. The third-order valence-electron chi connectivity index (χ3n) is 2.41. The molecule has 90 valence electrons. The van der Waals surface area contributed by atoms with E-state index in [1.807, 2.05) is 0 Å². The van der Waals surface area contributed by atoms with Gasteiger partial charge in [0.25, 0.3) is 5.91 Å². The fourth-order valence-electron chi connectivity index (χ4n) is 1.47. The van der Waals surface area contributed by atoms with Crippen LogP contribution in [-0.4, -0.2) is 30.7 Å². The standard InChI is InChI=1S/C9H13N7O/c1-5-9(11)6(2)16(13-5)8(17)4-15-12-3-7(10)14-15/h3H,4,11H2,1-2H3,(H2,10,14). The number of aryl methyl sites for hydroxylation is 1. The topological polar surface area (TPSA) is 118 Å². The highest BCUT2D eigenvalue weighted by molar-refractivity contribution is 5.79. The largest absolute Gasteiger partial charge is 0.396 e. The van der Waals surface area contributed by atoms with Crippen LogP contribution in [0.3, 0.4) is 0 Å². The molecular formula is C9H13N7O. The molecular weight excluding hydrogens is 222 g/mol. The first-order valence-electron chi connectivity index (χ1n) is 4.99. The number of rotatable bonds is 2. The van der Waals surface area contributed by atoms with Crippen molar-refractivity contribution >= 4 is 17.4 Å². The summed E-state index contributed by atoms with van der Waals surface area (Å²) in [5.74, 6) is 0.00332. The zero-order chi connectivity index (χ0) is 12.6. The van der Waals surface area contributed by atoms with Gasteiger partial charge in [0.1, 0.15) is 6.54 Å². The van der Waals surface area contributed by atoms with Gasteiger partial charge in [0.2, 0.25) is 0 Å². The summed E-state index contributed by atoms with van der Waals surface area (Å²) in [4.78, 5) is 13.1. The van der Waals surface area contributed by atoms with Crippen LogP contribution in [0.25, 0.3) is 0 Å². The summed E-state index contributed by atoms with van der Waals surface area (Å²) < 4.78 is 1.25. The molecule has 0 spiro atoms. The smallest absolute Gasteiger partial charge is 0.270 e. The van der Waals surface area contributed by atoms with E-state index < -0.39 is 0 Å². The molecule has 0 amide bonds. The summed E-state index contributed by atoms with van der Waals surface area (Å²) in [6.07, 6.45) is 1.38. The van der Waals surface area contributed by atoms with E-state index in [4.69, 9.17) is 11.5 Å². The van der Waals surface area contributed by atoms with Crippen LogP contribution in [0.15, 0.2) is 6.20 Å². The molecule has 0 saturated heterocycles. The Morgan fingerprint density at radius 3 is 2.53 bits per heavy atom. The van der Waals surface area contributed by atoms with Crippen LogP contribution >= 0.6 is 0 Å². The molecule has 2 aromatic rings. The van der Waals surface area contributed by atoms with E-state index in [1.165, 1.54) is 15.7 Å². The molecule has 2 aromatic heterocycles. The lowest BCUT2D eigenvalue weighted by molar-refractivity contribution is 0.0861. The Morgan fingerprint density at radius 1 is 1.35 bits per heavy atom. The molecule has 17 heavy (non-hydrogen) atoms. The quantitative estimate of drug-likeness (QED) is 0.731. The second-order valence-electron chi connectivity index (χ2n) is 3.69. The molecule has 0 aromatic carbocycles. The van der Waals surface area contributed by atoms with Gasteiger partial charge in [-0.25, -0.2) is 4.68 Å². The molecule has 0 aliphatic heterocycles. The van der Waals surface area contributed by atoms with Crippen LogP contribution in [-0.2, 0) is 6.54 Å². The van der Waals surface area contributed by atoms with E-state index in [1.54, 1.807) is 13.8 Å². The van der Waals surface area contributed by atoms with Gasteiger partial charge in [-0.15, -0.1) is 5.10 Å². The number of nitrogens with two attached hydrogens (primary N) is 2. The summed E-state index contributed by atoms with van der Waals surface area (Å²) >= 11 is 0. The molecule has 2 rings (SSSR count). The number of carbonyl (C=O) groups excluding carboxylic acids is 1. The SMILES string of the molecule is Cc1nn(C(=O)Cn2ncc(N)n2)c(C)c1N. The number of hydrogen-bond acceptors (Lipinski definition) is 6. The average Bonchev–Trinajstić information content (AvgIpc) is 2.78. The molecule has 0 unspecified atom stereocenters. The zero-order valence-electron chi connectivity index (χ0n) is 9.58. The highest BCUT2D eigenvalue weighted by atomic mass is 16.2. The Kier molecular flexibility index (Phi) is 2.54. The van der Waals surface area contributed by atoms with E-state index in [0.717, 1.165) is 0 Å². The minimum atomic E-state index is -0.266. The van der Waals surface area contributed by atoms with Crippen molar-refractivity contribution in [1.82, 2.24) is 24.8 Å². The maximum absolute atomic E-state index is 11.9. The molecule has 8 heteroatoms. The van der Waals surface area contributed by atoms with Crippen molar-refractivity contribution in [3.8, 4) is 0 Å². The fourth-order valence-corrected chi connectivity index (χ4v) is 1.47. The molecule has 4 N–H and O–H groups in total. The summed E-state index contributed by atoms with van der Waals surface area (Å²) in [7, 11) is 0. The van der Waals surface area contributed by atoms with Gasteiger partial charge in [0.05, 0.1) is 23.3 Å². The highest BCUT2D eigenvalue weighted by Crippen LogP contribution is 2.14. The zero-order valence-corrected chi connectivity index (χ0v) is 9.58. The van der Waals surface area contributed by atoms with Crippen LogP contribution in [0.2, 0.25) is 0 Å². The van der Waals surface area contributed by atoms with Gasteiger partial charge in [-0.05, 0) is 13.8 Å². The number of hydrogen-bond donors (Lipinski definition) is 2. The van der Waals surface area contributed by atoms with Gasteiger partial charge >= 0.3 is 0 Å². The van der Waals surface area contributed by atoms with Gasteiger partial charge in [-0.2, -0.15) is 15.0 Å². The third kappa shape index (κ3) is 1.96. The Labute approximate surface area is 97.2 Å². The molecule has 0 saturated carbocycles. The molecule has 2 heterocycles. The van der Waals surface area contributed by atoms with Gasteiger partial charge in [-0.3, -0.25) is 4.79 Å². The van der Waals surface area contributed by atoms with Crippen LogP contribution in [0, 0.1) is 13.8 Å². The lowest BCUT2D eigenvalue weighted by Gasteiger charge is -2.02. The number of nitrogen functional groups attached to an aromatic ring is 2. The normalized spacial score (nSPS) is 10.7. The first-order valence-corrected chi connectivity index (χ1v) is 4.99. The first kappa shape index (κ1) is 11.1. The number of aromatic nitrogens is 5. The van der Waals surface area contributed by atoms with E-state index in [0.29, 0.717) is 17.1 Å². The second-order valence-corrected chi connectivity index (χ2v) is 3.69. The van der Waals surface area contributed by atoms with E-state index in [2.05, 4.69) is 15.3 Å². The summed E-state index contributed by atoms with van der Waals surface area (Å²) in [6, 6.07) is 0. The number of carbonyl (C=O) groups is 1. The summed E-state index contributed by atoms with van der Waals surface area (Å²) in [5.41, 5.74) is 12.9. The average molecular weight is 235 g/mol. The van der Waals surface area contributed by atoms with Crippen molar-refractivity contribution in [2.24, 2.45) is 0 Å². The predicted molar refractivity (Wildman–Crippen MR) is 61.2 cm³/mol. The number of anilines is 2. The van der Waals surface area contributed by atoms with Gasteiger partial charge in [0, 0.05) is 0 Å². The van der Waals surface area contributed by atoms with Crippen LogP contribution in [0.4, 0.5) is 11.5 Å². The van der Waals surface area contributed by atoms with Crippen molar-refractivity contribution < 1.29 is 4.79 Å². The maximum atomic E-state index is 11.9. The van der Waals surface area contributed by atoms with Crippen LogP contribution in [0.5, 0.6) is 0 Å². The van der Waals surface area contributed by atoms with E-state index in [-0.39, 0.29) is 18.3 Å². The van der Waals surface area contributed by atoms with Crippen molar-refractivity contribution in [1.29, 1.82) is 0 Å². The Morgan fingerprint density at radius 2 is 2.06 bits per heavy atom.